The number of aliphatic hydroxyl groups is 1. The first-order chi connectivity index (χ1) is 7.26. The smallest absolute Gasteiger partial charge is 0.0776 e. The van der Waals surface area contributed by atoms with Gasteiger partial charge in [0.25, 0.3) is 0 Å². The van der Waals surface area contributed by atoms with Gasteiger partial charge in [0.1, 0.15) is 0 Å². The van der Waals surface area contributed by atoms with E-state index in [1.165, 1.54) is 0 Å². The lowest BCUT2D eigenvalue weighted by atomic mass is 9.79. The Hall–Kier alpha value is -0.120. The number of hydrogen-bond donors (Lipinski definition) is 1. The van der Waals surface area contributed by atoms with E-state index in [2.05, 4.69) is 6.92 Å². The molecule has 1 N–H and O–H groups in total. The fraction of sp³-hybridized carbons (Fsp3) is 1.00. The van der Waals surface area contributed by atoms with Gasteiger partial charge in [-0.25, -0.2) is 0 Å². The van der Waals surface area contributed by atoms with E-state index in [1.54, 1.807) is 0 Å². The van der Waals surface area contributed by atoms with Crippen LogP contribution in [0.1, 0.15) is 39.5 Å². The number of aliphatic hydroxyl groups excluding tert-OH is 1. The van der Waals surface area contributed by atoms with Crippen molar-refractivity contribution >= 4 is 0 Å². The van der Waals surface area contributed by atoms with Crippen LogP contribution < -0.4 is 0 Å². The van der Waals surface area contributed by atoms with Gasteiger partial charge in [0.05, 0.1) is 18.8 Å². The first kappa shape index (κ1) is 12.9. The van der Waals surface area contributed by atoms with Crippen molar-refractivity contribution in [1.29, 1.82) is 0 Å². The van der Waals surface area contributed by atoms with Crippen molar-refractivity contribution in [3.63, 3.8) is 0 Å². The largest absolute Gasteiger partial charge is 0.391 e. The standard InChI is InChI=1S/C12H24O3/c1-3-5-14-9-11(13)6-10-7-12(8-10)15-4-2/h10-13H,3-9H2,1-2H3. The minimum absolute atomic E-state index is 0.288. The average Bonchev–Trinajstić information content (AvgIpc) is 2.15. The summed E-state index contributed by atoms with van der Waals surface area (Å²) in [6.07, 6.45) is 4.26. The summed E-state index contributed by atoms with van der Waals surface area (Å²) < 4.78 is 10.8. The molecule has 1 atom stereocenters. The van der Waals surface area contributed by atoms with Crippen molar-refractivity contribution in [3.05, 3.63) is 0 Å². The van der Waals surface area contributed by atoms with Gasteiger partial charge < -0.3 is 14.6 Å². The van der Waals surface area contributed by atoms with Gasteiger partial charge in [0.2, 0.25) is 0 Å². The summed E-state index contributed by atoms with van der Waals surface area (Å²) in [5.74, 6) is 0.641. The van der Waals surface area contributed by atoms with Crippen molar-refractivity contribution in [3.8, 4) is 0 Å². The molecule has 0 spiro atoms. The lowest BCUT2D eigenvalue weighted by molar-refractivity contribution is -0.0480. The molecule has 90 valence electrons. The molecular formula is C12H24O3. The van der Waals surface area contributed by atoms with Crippen molar-refractivity contribution in [1.82, 2.24) is 0 Å². The molecule has 1 rings (SSSR count). The van der Waals surface area contributed by atoms with E-state index in [4.69, 9.17) is 9.47 Å². The highest BCUT2D eigenvalue weighted by Crippen LogP contribution is 2.33. The van der Waals surface area contributed by atoms with Gasteiger partial charge >= 0.3 is 0 Å². The second-order valence-corrected chi connectivity index (χ2v) is 4.38. The van der Waals surface area contributed by atoms with Crippen LogP contribution in [0.3, 0.4) is 0 Å². The molecule has 1 unspecified atom stereocenters. The summed E-state index contributed by atoms with van der Waals surface area (Å²) in [5.41, 5.74) is 0. The molecule has 1 saturated carbocycles. The average molecular weight is 216 g/mol. The SMILES string of the molecule is CCCOCC(O)CC1CC(OCC)C1. The zero-order valence-electron chi connectivity index (χ0n) is 9.95. The van der Waals surface area contributed by atoms with E-state index in [0.717, 1.165) is 38.9 Å². The Morgan fingerprint density at radius 3 is 2.67 bits per heavy atom. The lowest BCUT2D eigenvalue weighted by Crippen LogP contribution is -2.34. The summed E-state index contributed by atoms with van der Waals surface area (Å²) in [6.45, 7) is 6.15. The molecular weight excluding hydrogens is 192 g/mol. The Bertz CT molecular complexity index is 152. The summed E-state index contributed by atoms with van der Waals surface area (Å²) in [6, 6.07) is 0. The predicted molar refractivity (Wildman–Crippen MR) is 59.9 cm³/mol. The van der Waals surface area contributed by atoms with Crippen LogP contribution in [0.2, 0.25) is 0 Å². The topological polar surface area (TPSA) is 38.7 Å². The highest BCUT2D eigenvalue weighted by molar-refractivity contribution is 4.81. The van der Waals surface area contributed by atoms with Gasteiger partial charge in [0, 0.05) is 13.2 Å². The monoisotopic (exact) mass is 216 g/mol. The van der Waals surface area contributed by atoms with Crippen LogP contribution in [-0.4, -0.2) is 37.1 Å². The molecule has 0 amide bonds. The van der Waals surface area contributed by atoms with Crippen LogP contribution in [-0.2, 0) is 9.47 Å². The highest BCUT2D eigenvalue weighted by atomic mass is 16.5. The maximum atomic E-state index is 9.66. The Morgan fingerprint density at radius 1 is 1.33 bits per heavy atom. The molecule has 0 bridgehead atoms. The Balaban J connectivity index is 1.96. The molecule has 0 heterocycles. The molecule has 0 saturated heterocycles. The third-order valence-electron chi connectivity index (χ3n) is 2.86. The lowest BCUT2D eigenvalue weighted by Gasteiger charge is -2.36. The maximum Gasteiger partial charge on any atom is 0.0776 e. The van der Waals surface area contributed by atoms with E-state index in [0.29, 0.717) is 18.6 Å². The molecule has 3 nitrogen and oxygen atoms in total. The Labute approximate surface area is 92.8 Å². The number of hydrogen-bond acceptors (Lipinski definition) is 3. The third-order valence-corrected chi connectivity index (χ3v) is 2.86. The molecule has 1 aliphatic carbocycles. The molecule has 3 heteroatoms. The van der Waals surface area contributed by atoms with E-state index in [1.807, 2.05) is 6.92 Å². The summed E-state index contributed by atoms with van der Waals surface area (Å²) in [5, 5.41) is 9.66. The fourth-order valence-corrected chi connectivity index (χ4v) is 2.06. The first-order valence-electron chi connectivity index (χ1n) is 6.13. The molecule has 0 aromatic rings. The van der Waals surface area contributed by atoms with Crippen molar-refractivity contribution in [2.75, 3.05) is 19.8 Å². The normalized spacial score (nSPS) is 27.4. The highest BCUT2D eigenvalue weighted by Gasteiger charge is 2.30. The number of ether oxygens (including phenoxy) is 2. The van der Waals surface area contributed by atoms with Gasteiger partial charge in [-0.3, -0.25) is 0 Å². The van der Waals surface area contributed by atoms with Crippen molar-refractivity contribution < 1.29 is 14.6 Å². The quantitative estimate of drug-likeness (QED) is 0.631. The van der Waals surface area contributed by atoms with Gasteiger partial charge in [-0.1, -0.05) is 6.92 Å². The van der Waals surface area contributed by atoms with Gasteiger partial charge in [0.15, 0.2) is 0 Å². The second kappa shape index (κ2) is 7.20. The van der Waals surface area contributed by atoms with Crippen LogP contribution in [0.25, 0.3) is 0 Å². The molecule has 1 fully saturated rings. The van der Waals surface area contributed by atoms with Gasteiger partial charge in [-0.05, 0) is 38.5 Å². The third kappa shape index (κ3) is 4.96. The van der Waals surface area contributed by atoms with Crippen molar-refractivity contribution in [2.24, 2.45) is 5.92 Å². The molecule has 1 aliphatic rings. The summed E-state index contributed by atoms with van der Waals surface area (Å²) >= 11 is 0. The van der Waals surface area contributed by atoms with Crippen molar-refractivity contribution in [2.45, 2.75) is 51.7 Å². The van der Waals surface area contributed by atoms with Crippen LogP contribution in [0.4, 0.5) is 0 Å². The minimum Gasteiger partial charge on any atom is -0.391 e. The van der Waals surface area contributed by atoms with Gasteiger partial charge in [-0.15, -0.1) is 0 Å². The fourth-order valence-electron chi connectivity index (χ4n) is 2.06. The second-order valence-electron chi connectivity index (χ2n) is 4.38. The molecule has 15 heavy (non-hydrogen) atoms. The molecule has 0 aromatic carbocycles. The molecule has 0 radical (unpaired) electrons. The van der Waals surface area contributed by atoms with Crippen LogP contribution in [0.15, 0.2) is 0 Å². The van der Waals surface area contributed by atoms with Crippen LogP contribution >= 0.6 is 0 Å². The Morgan fingerprint density at radius 2 is 2.07 bits per heavy atom. The van der Waals surface area contributed by atoms with E-state index in [-0.39, 0.29) is 6.10 Å². The summed E-state index contributed by atoms with van der Waals surface area (Å²) in [7, 11) is 0. The number of rotatable bonds is 8. The maximum absolute atomic E-state index is 9.66. The van der Waals surface area contributed by atoms with E-state index in [9.17, 15) is 5.11 Å². The molecule has 0 aliphatic heterocycles. The van der Waals surface area contributed by atoms with Crippen LogP contribution in [0.5, 0.6) is 0 Å². The predicted octanol–water partition coefficient (Wildman–Crippen LogP) is 1.98. The van der Waals surface area contributed by atoms with E-state index >= 15 is 0 Å². The zero-order valence-corrected chi connectivity index (χ0v) is 9.95. The summed E-state index contributed by atoms with van der Waals surface area (Å²) in [4.78, 5) is 0. The van der Waals surface area contributed by atoms with Crippen LogP contribution in [0, 0.1) is 5.92 Å². The zero-order chi connectivity index (χ0) is 11.1. The minimum atomic E-state index is -0.288. The molecule has 0 aromatic heterocycles. The van der Waals surface area contributed by atoms with Gasteiger partial charge in [-0.2, -0.15) is 0 Å². The Kier molecular flexibility index (Phi) is 6.22. The van der Waals surface area contributed by atoms with E-state index < -0.39 is 0 Å². The first-order valence-corrected chi connectivity index (χ1v) is 6.13.